The van der Waals surface area contributed by atoms with Gasteiger partial charge >= 0.3 is 0 Å². The van der Waals surface area contributed by atoms with Gasteiger partial charge in [-0.2, -0.15) is 0 Å². The van der Waals surface area contributed by atoms with Crippen molar-refractivity contribution in [3.8, 4) is 0 Å². The van der Waals surface area contributed by atoms with E-state index >= 15 is 0 Å². The average Bonchev–Trinajstić information content (AvgIpc) is 2.63. The van der Waals surface area contributed by atoms with Gasteiger partial charge in [0.2, 0.25) is 0 Å². The normalized spacial score (nSPS) is 17.7. The van der Waals surface area contributed by atoms with Gasteiger partial charge in [-0.1, -0.05) is 0 Å². The highest BCUT2D eigenvalue weighted by Gasteiger charge is 2.24. The molecule has 4 nitrogen and oxygen atoms in total. The average molecular weight is 342 g/mol. The van der Waals surface area contributed by atoms with E-state index in [0.29, 0.717) is 17.8 Å². The molecule has 0 spiro atoms. The van der Waals surface area contributed by atoms with Gasteiger partial charge in [0.05, 0.1) is 16.1 Å². The van der Waals surface area contributed by atoms with Crippen LogP contribution in [0, 0.1) is 13.8 Å². The fraction of sp³-hybridized carbons (Fsp3) is 0.667. The molecule has 0 saturated carbocycles. The predicted octanol–water partition coefficient (Wildman–Crippen LogP) is 2.87. The predicted molar refractivity (Wildman–Crippen MR) is 85.4 cm³/mol. The number of aromatic nitrogens is 1. The lowest BCUT2D eigenvalue weighted by atomic mass is 10.0. The molecule has 0 bridgehead atoms. The van der Waals surface area contributed by atoms with Crippen molar-refractivity contribution in [2.45, 2.75) is 52.6 Å². The number of nitrogens with zero attached hydrogens (tertiary/aromatic N) is 2. The SMILES string of the molecule is Cc1cc(C)n(Br)c1C(=O)NC1CCN(C(C)C)CC1. The maximum absolute atomic E-state index is 12.4. The first-order valence-electron chi connectivity index (χ1n) is 7.30. The van der Waals surface area contributed by atoms with Crippen molar-refractivity contribution < 1.29 is 4.79 Å². The summed E-state index contributed by atoms with van der Waals surface area (Å²) in [4.78, 5) is 14.9. The van der Waals surface area contributed by atoms with Gasteiger partial charge in [0.25, 0.3) is 5.91 Å². The molecule has 1 aliphatic rings. The van der Waals surface area contributed by atoms with Crippen molar-refractivity contribution in [1.29, 1.82) is 0 Å². The number of amides is 1. The molecule has 1 aliphatic heterocycles. The fourth-order valence-corrected chi connectivity index (χ4v) is 3.39. The highest BCUT2D eigenvalue weighted by Crippen LogP contribution is 2.19. The highest BCUT2D eigenvalue weighted by atomic mass is 79.9. The largest absolute Gasteiger partial charge is 0.348 e. The Morgan fingerprint density at radius 2 is 1.95 bits per heavy atom. The number of rotatable bonds is 3. The second-order valence-corrected chi connectivity index (χ2v) is 6.68. The summed E-state index contributed by atoms with van der Waals surface area (Å²) >= 11 is 3.44. The molecule has 1 N–H and O–H groups in total. The van der Waals surface area contributed by atoms with Crippen LogP contribution in [0.1, 0.15) is 48.4 Å². The molecule has 0 atom stereocenters. The minimum absolute atomic E-state index is 0.0236. The molecule has 2 heterocycles. The molecule has 0 aliphatic carbocycles. The topological polar surface area (TPSA) is 37.3 Å². The molecule has 1 fully saturated rings. The van der Waals surface area contributed by atoms with Gasteiger partial charge in [0, 0.05) is 30.9 Å². The number of halogens is 1. The summed E-state index contributed by atoms with van der Waals surface area (Å²) in [6, 6.07) is 2.90. The Morgan fingerprint density at radius 1 is 1.35 bits per heavy atom. The van der Waals surface area contributed by atoms with Crippen molar-refractivity contribution in [2.24, 2.45) is 0 Å². The van der Waals surface area contributed by atoms with E-state index in [1.807, 2.05) is 19.9 Å². The highest BCUT2D eigenvalue weighted by molar-refractivity contribution is 9.08. The van der Waals surface area contributed by atoms with Crippen molar-refractivity contribution in [3.05, 3.63) is 23.0 Å². The van der Waals surface area contributed by atoms with Crippen molar-refractivity contribution in [3.63, 3.8) is 0 Å². The molecule has 1 aromatic heterocycles. The molecule has 0 radical (unpaired) electrons. The number of carbonyl (C=O) groups excluding carboxylic acids is 1. The Kier molecular flexibility index (Phi) is 4.91. The maximum atomic E-state index is 12.4. The van der Waals surface area contributed by atoms with Gasteiger partial charge in [-0.05, 0) is 52.2 Å². The minimum atomic E-state index is 0.0236. The Labute approximate surface area is 129 Å². The molecule has 1 aromatic rings. The van der Waals surface area contributed by atoms with Crippen molar-refractivity contribution in [2.75, 3.05) is 13.1 Å². The van der Waals surface area contributed by atoms with Crippen LogP contribution >= 0.6 is 16.1 Å². The lowest BCUT2D eigenvalue weighted by Gasteiger charge is -2.34. The first-order valence-corrected chi connectivity index (χ1v) is 8.01. The standard InChI is InChI=1S/C15H24BrN3O/c1-10(2)18-7-5-13(6-8-18)17-15(20)14-11(3)9-12(4)19(14)16/h9-10,13H,5-8H2,1-4H3,(H,17,20). The number of piperidine rings is 1. The van der Waals surface area contributed by atoms with Gasteiger partial charge in [-0.3, -0.25) is 8.39 Å². The van der Waals surface area contributed by atoms with Crippen molar-refractivity contribution >= 4 is 22.1 Å². The summed E-state index contributed by atoms with van der Waals surface area (Å²) in [5.41, 5.74) is 2.77. The van der Waals surface area contributed by atoms with E-state index in [0.717, 1.165) is 37.2 Å². The minimum Gasteiger partial charge on any atom is -0.348 e. The van der Waals surface area contributed by atoms with Gasteiger partial charge in [0.15, 0.2) is 0 Å². The van der Waals surface area contributed by atoms with E-state index in [2.05, 4.69) is 40.2 Å². The van der Waals surface area contributed by atoms with Gasteiger partial charge in [-0.15, -0.1) is 0 Å². The van der Waals surface area contributed by atoms with E-state index in [-0.39, 0.29) is 5.91 Å². The molecule has 1 amide bonds. The van der Waals surface area contributed by atoms with Crippen LogP contribution in [0.5, 0.6) is 0 Å². The molecular weight excluding hydrogens is 318 g/mol. The zero-order valence-electron chi connectivity index (χ0n) is 12.7. The van der Waals surface area contributed by atoms with Crippen LogP contribution in [0.15, 0.2) is 6.07 Å². The van der Waals surface area contributed by atoms with Crippen LogP contribution in [0.4, 0.5) is 0 Å². The molecule has 20 heavy (non-hydrogen) atoms. The summed E-state index contributed by atoms with van der Waals surface area (Å²) in [5, 5.41) is 3.17. The Bertz CT molecular complexity index is 488. The number of aryl methyl sites for hydroxylation is 2. The third kappa shape index (κ3) is 3.26. The summed E-state index contributed by atoms with van der Waals surface area (Å²) in [6.07, 6.45) is 2.07. The van der Waals surface area contributed by atoms with Crippen LogP contribution in [-0.2, 0) is 0 Å². The molecular formula is C15H24BrN3O. The monoisotopic (exact) mass is 341 g/mol. The van der Waals surface area contributed by atoms with Gasteiger partial charge < -0.3 is 10.2 Å². The maximum Gasteiger partial charge on any atom is 0.269 e. The number of carbonyl (C=O) groups is 1. The number of hydrogen-bond acceptors (Lipinski definition) is 2. The van der Waals surface area contributed by atoms with E-state index in [1.54, 1.807) is 3.59 Å². The number of nitrogens with one attached hydrogen (secondary N) is 1. The molecule has 1 saturated heterocycles. The molecule has 2 rings (SSSR count). The molecule has 0 aromatic carbocycles. The lowest BCUT2D eigenvalue weighted by Crippen LogP contribution is -2.46. The van der Waals surface area contributed by atoms with E-state index in [4.69, 9.17) is 0 Å². The first kappa shape index (κ1) is 15.6. The Morgan fingerprint density at radius 3 is 2.40 bits per heavy atom. The van der Waals surface area contributed by atoms with Gasteiger partial charge in [0.1, 0.15) is 5.69 Å². The molecule has 0 unspecified atom stereocenters. The van der Waals surface area contributed by atoms with Gasteiger partial charge in [-0.25, -0.2) is 0 Å². The summed E-state index contributed by atoms with van der Waals surface area (Å²) in [5.74, 6) is 0.0236. The third-order valence-electron chi connectivity index (χ3n) is 4.12. The Hall–Kier alpha value is -0.810. The lowest BCUT2D eigenvalue weighted by molar-refractivity contribution is 0.0894. The van der Waals surface area contributed by atoms with Crippen LogP contribution in [-0.4, -0.2) is 39.6 Å². The summed E-state index contributed by atoms with van der Waals surface area (Å²) in [7, 11) is 0. The van der Waals surface area contributed by atoms with Crippen LogP contribution in [0.2, 0.25) is 0 Å². The zero-order valence-corrected chi connectivity index (χ0v) is 14.3. The molecule has 5 heteroatoms. The van der Waals surface area contributed by atoms with Crippen molar-refractivity contribution in [1.82, 2.24) is 13.8 Å². The van der Waals surface area contributed by atoms with E-state index in [9.17, 15) is 4.79 Å². The summed E-state index contributed by atoms with van der Waals surface area (Å²) in [6.45, 7) is 10.5. The number of likely N-dealkylation sites (tertiary alicyclic amines) is 1. The van der Waals surface area contributed by atoms with E-state index in [1.165, 1.54) is 0 Å². The molecule has 112 valence electrons. The first-order chi connectivity index (χ1) is 9.40. The third-order valence-corrected chi connectivity index (χ3v) is 5.03. The van der Waals surface area contributed by atoms with Crippen LogP contribution in [0.25, 0.3) is 0 Å². The quantitative estimate of drug-likeness (QED) is 0.917. The second kappa shape index (κ2) is 6.31. The van der Waals surface area contributed by atoms with Crippen LogP contribution < -0.4 is 5.32 Å². The van der Waals surface area contributed by atoms with E-state index < -0.39 is 0 Å². The van der Waals surface area contributed by atoms with Crippen LogP contribution in [0.3, 0.4) is 0 Å². The number of hydrogen-bond donors (Lipinski definition) is 1. The summed E-state index contributed by atoms with van der Waals surface area (Å²) < 4.78 is 1.79. The Balaban J connectivity index is 1.96. The zero-order chi connectivity index (χ0) is 14.9. The smallest absolute Gasteiger partial charge is 0.269 e. The fourth-order valence-electron chi connectivity index (χ4n) is 2.85. The second-order valence-electron chi connectivity index (χ2n) is 5.98.